The summed E-state index contributed by atoms with van der Waals surface area (Å²) in [4.78, 5) is 37.3. The van der Waals surface area contributed by atoms with Crippen LogP contribution < -0.4 is 10.6 Å². The summed E-state index contributed by atoms with van der Waals surface area (Å²) in [6.07, 6.45) is -0.822. The minimum absolute atomic E-state index is 0.0620. The number of benzene rings is 3. The number of carbonyl (C=O) groups is 3. The highest BCUT2D eigenvalue weighted by atomic mass is 16.5. The number of rotatable bonds is 8. The Bertz CT molecular complexity index is 1200. The summed E-state index contributed by atoms with van der Waals surface area (Å²) < 4.78 is 5.55. The number of alkyl carbamates (subject to hydrolysis) is 1. The first kappa shape index (κ1) is 24.0. The summed E-state index contributed by atoms with van der Waals surface area (Å²) in [6, 6.07) is 23.0. The molecule has 4 rings (SSSR count). The van der Waals surface area contributed by atoms with Gasteiger partial charge in [0.05, 0.1) is 6.61 Å². The molecular weight excluding hydrogens is 448 g/mol. The van der Waals surface area contributed by atoms with Gasteiger partial charge in [-0.2, -0.15) is 0 Å². The van der Waals surface area contributed by atoms with E-state index in [0.717, 1.165) is 22.3 Å². The average molecular weight is 475 g/mol. The highest BCUT2D eigenvalue weighted by molar-refractivity contribution is 5.92. The third-order valence-electron chi connectivity index (χ3n) is 6.19. The summed E-state index contributed by atoms with van der Waals surface area (Å²) in [6.45, 7) is 0.426. The zero-order chi connectivity index (χ0) is 25.0. The third-order valence-corrected chi connectivity index (χ3v) is 6.19. The number of carbonyl (C=O) groups excluding carboxylic acids is 2. The lowest BCUT2D eigenvalue weighted by Crippen LogP contribution is -2.57. The molecule has 0 saturated heterocycles. The Morgan fingerprint density at radius 3 is 2.00 bits per heavy atom. The van der Waals surface area contributed by atoms with E-state index in [0.29, 0.717) is 5.56 Å². The van der Waals surface area contributed by atoms with Crippen molar-refractivity contribution in [2.24, 2.45) is 0 Å². The molecule has 2 atom stereocenters. The van der Waals surface area contributed by atoms with Crippen LogP contribution in [0.2, 0.25) is 0 Å². The van der Waals surface area contributed by atoms with Gasteiger partial charge < -0.3 is 25.6 Å². The number of amides is 2. The van der Waals surface area contributed by atoms with Gasteiger partial charge in [0.2, 0.25) is 5.91 Å². The third kappa shape index (κ3) is 4.88. The van der Waals surface area contributed by atoms with Gasteiger partial charge in [0.25, 0.3) is 0 Å². The molecule has 0 spiro atoms. The Hall–Kier alpha value is -4.17. The molecule has 4 N–H and O–H groups in total. The Labute approximate surface area is 202 Å². The van der Waals surface area contributed by atoms with E-state index in [9.17, 15) is 24.6 Å². The molecule has 0 saturated carbocycles. The first-order chi connectivity index (χ1) is 16.8. The maximum atomic E-state index is 13.0. The quantitative estimate of drug-likeness (QED) is 0.397. The van der Waals surface area contributed by atoms with E-state index < -0.39 is 36.2 Å². The molecule has 8 heteroatoms. The number of ether oxygens (including phenoxy) is 1. The minimum atomic E-state index is -1.91. The molecule has 0 heterocycles. The molecule has 2 amide bonds. The van der Waals surface area contributed by atoms with Crippen molar-refractivity contribution in [2.75, 3.05) is 13.2 Å². The number of carboxylic acid groups (broad SMARTS) is 1. The standard InChI is InChI=1S/C27H26N2O6/c1-27(16-30,25(32)33)29-24(31)23(17-9-3-2-4-10-17)28-26(34)35-15-22-20-13-7-5-11-18(20)19-12-6-8-14-21(19)22/h2-14,22-23,30H,15-16H2,1H3,(H,28,34)(H,29,31)(H,32,33)/t23-,27?/m0/s1. The van der Waals surface area contributed by atoms with Gasteiger partial charge in [-0.05, 0) is 34.7 Å². The second-order valence-electron chi connectivity index (χ2n) is 8.60. The zero-order valence-corrected chi connectivity index (χ0v) is 19.1. The smallest absolute Gasteiger partial charge is 0.408 e. The summed E-state index contributed by atoms with van der Waals surface area (Å²) in [5.41, 5.74) is 2.82. The fourth-order valence-electron chi connectivity index (χ4n) is 4.21. The van der Waals surface area contributed by atoms with Crippen LogP contribution in [0.4, 0.5) is 4.79 Å². The van der Waals surface area contributed by atoms with Crippen LogP contribution in [0, 0.1) is 0 Å². The molecular formula is C27H26N2O6. The minimum Gasteiger partial charge on any atom is -0.479 e. The van der Waals surface area contributed by atoms with Crippen molar-refractivity contribution in [3.05, 3.63) is 95.6 Å². The molecule has 0 bridgehead atoms. The lowest BCUT2D eigenvalue weighted by Gasteiger charge is -2.27. The van der Waals surface area contributed by atoms with Crippen molar-refractivity contribution in [1.29, 1.82) is 0 Å². The number of hydrogen-bond donors (Lipinski definition) is 4. The van der Waals surface area contributed by atoms with Crippen LogP contribution in [0.5, 0.6) is 0 Å². The molecule has 35 heavy (non-hydrogen) atoms. The van der Waals surface area contributed by atoms with Crippen LogP contribution in [0.1, 0.15) is 35.6 Å². The lowest BCUT2D eigenvalue weighted by molar-refractivity contribution is -0.149. The van der Waals surface area contributed by atoms with Crippen molar-refractivity contribution in [2.45, 2.75) is 24.4 Å². The molecule has 180 valence electrons. The topological polar surface area (TPSA) is 125 Å². The molecule has 3 aromatic rings. The number of aliphatic carboxylic acids is 1. The Kier molecular flexibility index (Phi) is 6.84. The largest absolute Gasteiger partial charge is 0.479 e. The van der Waals surface area contributed by atoms with E-state index in [4.69, 9.17) is 4.74 Å². The van der Waals surface area contributed by atoms with E-state index in [1.165, 1.54) is 6.92 Å². The number of aliphatic hydroxyl groups excluding tert-OH is 1. The molecule has 1 aliphatic rings. The van der Waals surface area contributed by atoms with Gasteiger partial charge in [0, 0.05) is 5.92 Å². The molecule has 8 nitrogen and oxygen atoms in total. The van der Waals surface area contributed by atoms with Crippen molar-refractivity contribution < 1.29 is 29.3 Å². The molecule has 1 aliphatic carbocycles. The normalized spacial score (nSPS) is 14.7. The average Bonchev–Trinajstić information content (AvgIpc) is 3.20. The predicted molar refractivity (Wildman–Crippen MR) is 129 cm³/mol. The molecule has 1 unspecified atom stereocenters. The van der Waals surface area contributed by atoms with Crippen molar-refractivity contribution >= 4 is 18.0 Å². The van der Waals surface area contributed by atoms with Crippen LogP contribution in [-0.2, 0) is 14.3 Å². The van der Waals surface area contributed by atoms with Crippen molar-refractivity contribution in [3.63, 3.8) is 0 Å². The Morgan fingerprint density at radius 2 is 1.46 bits per heavy atom. The highest BCUT2D eigenvalue weighted by Gasteiger charge is 2.37. The van der Waals surface area contributed by atoms with E-state index in [1.807, 2.05) is 48.5 Å². The second-order valence-corrected chi connectivity index (χ2v) is 8.60. The first-order valence-electron chi connectivity index (χ1n) is 11.2. The van der Waals surface area contributed by atoms with E-state index in [1.54, 1.807) is 30.3 Å². The molecule has 0 aliphatic heterocycles. The fraction of sp³-hybridized carbons (Fsp3) is 0.222. The van der Waals surface area contributed by atoms with Crippen LogP contribution in [0.3, 0.4) is 0 Å². The van der Waals surface area contributed by atoms with E-state index >= 15 is 0 Å². The van der Waals surface area contributed by atoms with Gasteiger partial charge in [0.15, 0.2) is 5.54 Å². The number of nitrogens with one attached hydrogen (secondary N) is 2. The van der Waals surface area contributed by atoms with Gasteiger partial charge in [-0.15, -0.1) is 0 Å². The highest BCUT2D eigenvalue weighted by Crippen LogP contribution is 2.44. The predicted octanol–water partition coefficient (Wildman–Crippen LogP) is 3.22. The summed E-state index contributed by atoms with van der Waals surface area (Å²) in [7, 11) is 0. The lowest BCUT2D eigenvalue weighted by atomic mass is 9.98. The summed E-state index contributed by atoms with van der Waals surface area (Å²) in [5, 5.41) is 23.7. The monoisotopic (exact) mass is 474 g/mol. The first-order valence-corrected chi connectivity index (χ1v) is 11.2. The van der Waals surface area contributed by atoms with Crippen molar-refractivity contribution in [1.82, 2.24) is 10.6 Å². The fourth-order valence-corrected chi connectivity index (χ4v) is 4.21. The van der Waals surface area contributed by atoms with Gasteiger partial charge >= 0.3 is 12.1 Å². The SMILES string of the molecule is CC(CO)(NC(=O)[C@@H](NC(=O)OCC1c2ccccc2-c2ccccc21)c1ccccc1)C(=O)O. The van der Waals surface area contributed by atoms with E-state index in [-0.39, 0.29) is 12.5 Å². The van der Waals surface area contributed by atoms with Gasteiger partial charge in [-0.1, -0.05) is 78.9 Å². The number of fused-ring (bicyclic) bond motifs is 3. The van der Waals surface area contributed by atoms with Crippen LogP contribution in [-0.4, -0.2) is 46.9 Å². The summed E-state index contributed by atoms with van der Waals surface area (Å²) in [5.74, 6) is -2.34. The molecule has 0 radical (unpaired) electrons. The molecule has 0 fully saturated rings. The second kappa shape index (κ2) is 9.99. The van der Waals surface area contributed by atoms with Crippen LogP contribution >= 0.6 is 0 Å². The Balaban J connectivity index is 1.50. The van der Waals surface area contributed by atoms with Gasteiger partial charge in [0.1, 0.15) is 12.6 Å². The zero-order valence-electron chi connectivity index (χ0n) is 19.1. The van der Waals surface area contributed by atoms with Crippen molar-refractivity contribution in [3.8, 4) is 11.1 Å². The van der Waals surface area contributed by atoms with Gasteiger partial charge in [-0.25, -0.2) is 9.59 Å². The van der Waals surface area contributed by atoms with Gasteiger partial charge in [-0.3, -0.25) is 4.79 Å². The van der Waals surface area contributed by atoms with Crippen LogP contribution in [0.25, 0.3) is 11.1 Å². The maximum Gasteiger partial charge on any atom is 0.408 e. The van der Waals surface area contributed by atoms with E-state index in [2.05, 4.69) is 10.6 Å². The Morgan fingerprint density at radius 1 is 0.914 bits per heavy atom. The number of hydrogen-bond acceptors (Lipinski definition) is 5. The number of carboxylic acids is 1. The maximum absolute atomic E-state index is 13.0. The molecule has 0 aromatic heterocycles. The van der Waals surface area contributed by atoms with Crippen LogP contribution in [0.15, 0.2) is 78.9 Å². The summed E-state index contributed by atoms with van der Waals surface area (Å²) >= 11 is 0. The molecule has 3 aromatic carbocycles. The number of aliphatic hydroxyl groups is 1.